The summed E-state index contributed by atoms with van der Waals surface area (Å²) in [4.78, 5) is 30.5. The molecule has 2 saturated carbocycles. The Balaban J connectivity index is 1.39. The Labute approximate surface area is 317 Å². The largest absolute Gasteiger partial charge is 0.446 e. The van der Waals surface area contributed by atoms with Crippen LogP contribution in [0, 0.1) is 23.2 Å². The van der Waals surface area contributed by atoms with E-state index >= 15 is 0 Å². The number of aliphatic hydroxyl groups is 2. The highest BCUT2D eigenvalue weighted by Crippen LogP contribution is 2.59. The van der Waals surface area contributed by atoms with E-state index in [1.807, 2.05) is 66.7 Å². The lowest BCUT2D eigenvalue weighted by Gasteiger charge is -2.46. The van der Waals surface area contributed by atoms with Gasteiger partial charge in [-0.3, -0.25) is 4.79 Å². The zero-order valence-corrected chi connectivity index (χ0v) is 32.6. The summed E-state index contributed by atoms with van der Waals surface area (Å²) in [5.74, 6) is 1.03. The van der Waals surface area contributed by atoms with Crippen molar-refractivity contribution in [3.05, 3.63) is 118 Å². The van der Waals surface area contributed by atoms with Crippen LogP contribution in [0.3, 0.4) is 0 Å². The summed E-state index contributed by atoms with van der Waals surface area (Å²) in [5.41, 5.74) is 3.42. The van der Waals surface area contributed by atoms with Gasteiger partial charge in [-0.15, -0.1) is 0 Å². The van der Waals surface area contributed by atoms with Crippen LogP contribution in [0.15, 0.2) is 90.5 Å². The van der Waals surface area contributed by atoms with Crippen LogP contribution in [0.4, 0.5) is 4.79 Å². The van der Waals surface area contributed by atoms with Crippen molar-refractivity contribution in [2.75, 3.05) is 6.54 Å². The summed E-state index contributed by atoms with van der Waals surface area (Å²) in [5, 5.41) is 24.1. The van der Waals surface area contributed by atoms with Crippen molar-refractivity contribution >= 4 is 11.9 Å². The van der Waals surface area contributed by atoms with Gasteiger partial charge in [0, 0.05) is 23.1 Å². The monoisotopic (exact) mass is 719 g/mol. The molecule has 284 valence electrons. The third-order valence-corrected chi connectivity index (χ3v) is 13.1. The van der Waals surface area contributed by atoms with Gasteiger partial charge in [0.1, 0.15) is 6.10 Å². The van der Waals surface area contributed by atoms with E-state index in [1.54, 1.807) is 4.90 Å². The van der Waals surface area contributed by atoms with Gasteiger partial charge in [-0.25, -0.2) is 4.79 Å². The van der Waals surface area contributed by atoms with E-state index in [0.717, 1.165) is 48.8 Å². The molecule has 53 heavy (non-hydrogen) atoms. The van der Waals surface area contributed by atoms with Gasteiger partial charge < -0.3 is 19.8 Å². The molecule has 0 spiro atoms. The van der Waals surface area contributed by atoms with Crippen LogP contribution >= 0.6 is 0 Å². The fraction of sp³-hybridized carbons (Fsp3) is 0.532. The molecule has 4 aliphatic carbocycles. The number of ether oxygens (including phenoxy) is 1. The first-order valence-electron chi connectivity index (χ1n) is 20.1. The molecule has 1 amide bonds. The summed E-state index contributed by atoms with van der Waals surface area (Å²) in [6.45, 7) is 11.5. The molecule has 0 aliphatic heterocycles. The molecule has 0 unspecified atom stereocenters. The predicted molar refractivity (Wildman–Crippen MR) is 212 cm³/mol. The molecule has 3 aromatic carbocycles. The SMILES string of the molecule is CC1=CCC[C@@]2(C)[C@@H](CC[C@@]2(O)CN(Cc2ccccc2)C(=O)O[C@H]2C[C@@H](C)CC[C@@H]2C(C)C)c2ccc(cc2C(=O)c2ccccc2)C[C@@H](O)CC1. The lowest BCUT2D eigenvalue weighted by Crippen LogP contribution is -2.54. The number of rotatable bonds is 8. The van der Waals surface area contributed by atoms with Crippen molar-refractivity contribution in [3.63, 3.8) is 0 Å². The molecule has 0 aromatic heterocycles. The Morgan fingerprint density at radius 1 is 0.943 bits per heavy atom. The van der Waals surface area contributed by atoms with Gasteiger partial charge in [-0.05, 0) is 111 Å². The number of hydrogen-bond donors (Lipinski definition) is 2. The number of nitrogens with zero attached hydrogens (tertiary/aromatic N) is 1. The highest BCUT2D eigenvalue weighted by atomic mass is 16.6. The average Bonchev–Trinajstić information content (AvgIpc) is 3.39. The maximum atomic E-state index is 14.4. The van der Waals surface area contributed by atoms with Crippen LogP contribution in [-0.2, 0) is 17.7 Å². The van der Waals surface area contributed by atoms with Gasteiger partial charge >= 0.3 is 6.09 Å². The predicted octanol–water partition coefficient (Wildman–Crippen LogP) is 10.1. The quantitative estimate of drug-likeness (QED) is 0.179. The molecule has 0 radical (unpaired) electrons. The van der Waals surface area contributed by atoms with Gasteiger partial charge in [0.2, 0.25) is 0 Å². The van der Waals surface area contributed by atoms with Crippen LogP contribution in [-0.4, -0.2) is 51.3 Å². The molecule has 4 aliphatic rings. The molecule has 3 aromatic rings. The highest BCUT2D eigenvalue weighted by molar-refractivity contribution is 6.10. The number of fused-ring (bicyclic) bond motifs is 8. The molecule has 2 N–H and O–H groups in total. The Bertz CT molecular complexity index is 1740. The minimum Gasteiger partial charge on any atom is -0.446 e. The second-order valence-corrected chi connectivity index (χ2v) is 17.2. The van der Waals surface area contributed by atoms with E-state index in [9.17, 15) is 19.8 Å². The summed E-state index contributed by atoms with van der Waals surface area (Å²) >= 11 is 0. The third kappa shape index (κ3) is 8.81. The minimum atomic E-state index is -1.25. The van der Waals surface area contributed by atoms with Crippen molar-refractivity contribution in [3.8, 4) is 0 Å². The van der Waals surface area contributed by atoms with Crippen LogP contribution in [0.5, 0.6) is 0 Å². The molecule has 0 saturated heterocycles. The number of carbonyl (C=O) groups excluding carboxylic acids is 2. The fourth-order valence-electron chi connectivity index (χ4n) is 9.70. The summed E-state index contributed by atoms with van der Waals surface area (Å²) in [7, 11) is 0. The van der Waals surface area contributed by atoms with E-state index in [-0.39, 0.29) is 30.4 Å². The number of amides is 1. The number of benzene rings is 3. The molecule has 6 heteroatoms. The normalized spacial score (nSPS) is 29.2. The highest BCUT2D eigenvalue weighted by Gasteiger charge is 2.58. The van der Waals surface area contributed by atoms with E-state index in [0.29, 0.717) is 67.5 Å². The molecule has 2 fully saturated rings. The van der Waals surface area contributed by atoms with Crippen molar-refractivity contribution in [2.24, 2.45) is 23.2 Å². The summed E-state index contributed by atoms with van der Waals surface area (Å²) < 4.78 is 6.47. The number of aliphatic hydroxyl groups excluding tert-OH is 1. The Kier molecular flexibility index (Phi) is 12.3. The van der Waals surface area contributed by atoms with E-state index in [2.05, 4.69) is 52.8 Å². The van der Waals surface area contributed by atoms with Gasteiger partial charge in [0.25, 0.3) is 0 Å². The first-order chi connectivity index (χ1) is 25.4. The standard InChI is InChI=1S/C47H61NO5/c1-32(2)39-22-19-34(4)27-43(39)53-45(51)48(30-35-14-8-6-9-15-35)31-47(52)26-24-42-40-23-20-36(29-41(40)44(50)37-16-10-7-11-17-37)28-38(49)21-18-33(3)13-12-25-46(42,47)5/h6-11,13-17,20,23,29,32,34,38-39,42-43,49,52H,12,18-19,21-22,24-28,30-31H2,1-5H3/t34-,38-,39+,42-,43-,46-,47+/m0/s1. The smallest absolute Gasteiger partial charge is 0.410 e. The van der Waals surface area contributed by atoms with Crippen LogP contribution < -0.4 is 0 Å². The molecule has 7 atom stereocenters. The molecule has 2 bridgehead atoms. The van der Waals surface area contributed by atoms with E-state index in [4.69, 9.17) is 4.74 Å². The van der Waals surface area contributed by atoms with Crippen LogP contribution in [0.1, 0.15) is 131 Å². The first-order valence-corrected chi connectivity index (χ1v) is 20.1. The van der Waals surface area contributed by atoms with Gasteiger partial charge in [-0.1, -0.05) is 119 Å². The number of hydrogen-bond acceptors (Lipinski definition) is 5. The van der Waals surface area contributed by atoms with Crippen LogP contribution in [0.2, 0.25) is 0 Å². The van der Waals surface area contributed by atoms with Gasteiger partial charge in [0.05, 0.1) is 18.2 Å². The van der Waals surface area contributed by atoms with Crippen molar-refractivity contribution < 1.29 is 24.5 Å². The molecule has 6 nitrogen and oxygen atoms in total. The minimum absolute atomic E-state index is 0.0479. The van der Waals surface area contributed by atoms with Crippen molar-refractivity contribution in [1.82, 2.24) is 4.90 Å². The fourth-order valence-corrected chi connectivity index (χ4v) is 9.70. The molecule has 7 rings (SSSR count). The second kappa shape index (κ2) is 16.7. The second-order valence-electron chi connectivity index (χ2n) is 17.2. The number of allylic oxidation sites excluding steroid dienone is 2. The molecular weight excluding hydrogens is 659 g/mol. The third-order valence-electron chi connectivity index (χ3n) is 13.1. The summed E-state index contributed by atoms with van der Waals surface area (Å²) in [6, 6.07) is 25.5. The Morgan fingerprint density at radius 3 is 2.38 bits per heavy atom. The zero-order chi connectivity index (χ0) is 37.8. The van der Waals surface area contributed by atoms with Gasteiger partial charge in [0.15, 0.2) is 5.78 Å². The molecular formula is C47H61NO5. The number of ketones is 1. The molecule has 0 heterocycles. The average molecular weight is 720 g/mol. The van der Waals surface area contributed by atoms with E-state index in [1.165, 1.54) is 5.57 Å². The Hall–Kier alpha value is -3.74. The summed E-state index contributed by atoms with van der Waals surface area (Å²) in [6.07, 6.45) is 8.78. The van der Waals surface area contributed by atoms with Crippen molar-refractivity contribution in [1.29, 1.82) is 0 Å². The zero-order valence-electron chi connectivity index (χ0n) is 32.6. The maximum Gasteiger partial charge on any atom is 0.410 e. The lowest BCUT2D eigenvalue weighted by molar-refractivity contribution is -0.0876. The number of carbonyl (C=O) groups is 2. The van der Waals surface area contributed by atoms with Crippen molar-refractivity contribution in [2.45, 2.75) is 129 Å². The van der Waals surface area contributed by atoms with Gasteiger partial charge in [-0.2, -0.15) is 0 Å². The van der Waals surface area contributed by atoms with Crippen LogP contribution in [0.25, 0.3) is 0 Å². The lowest BCUT2D eigenvalue weighted by atomic mass is 9.64. The van der Waals surface area contributed by atoms with E-state index < -0.39 is 17.1 Å². The topological polar surface area (TPSA) is 87.1 Å². The first kappa shape index (κ1) is 39.0. The maximum absolute atomic E-state index is 14.4. The Morgan fingerprint density at radius 2 is 1.66 bits per heavy atom.